The number of hydrogen-bond donors (Lipinski definition) is 1. The number of carbonyl (C=O) groups is 1. The number of rotatable bonds is 8. The second kappa shape index (κ2) is 7.29. The molecule has 4 heteroatoms. The van der Waals surface area contributed by atoms with E-state index in [9.17, 15) is 4.79 Å². The summed E-state index contributed by atoms with van der Waals surface area (Å²) in [7, 11) is 1.43. The van der Waals surface area contributed by atoms with E-state index in [1.54, 1.807) is 0 Å². The maximum absolute atomic E-state index is 11.7. The Morgan fingerprint density at radius 2 is 2.25 bits per heavy atom. The number of ether oxygens (including phenoxy) is 2. The molecule has 1 N–H and O–H groups in total. The minimum Gasteiger partial charge on any atom is -0.494 e. The van der Waals surface area contributed by atoms with Gasteiger partial charge in [-0.3, -0.25) is 4.79 Å². The Balaban J connectivity index is 1.80. The van der Waals surface area contributed by atoms with Gasteiger partial charge in [0.15, 0.2) is 0 Å². The quantitative estimate of drug-likeness (QED) is 0.741. The SMILES string of the molecule is CCc1cccc(OCCC(NC2CC2)C(=O)OC)c1. The fourth-order valence-corrected chi connectivity index (χ4v) is 2.10. The van der Waals surface area contributed by atoms with Gasteiger partial charge >= 0.3 is 5.97 Å². The largest absolute Gasteiger partial charge is 0.494 e. The molecule has 1 aliphatic rings. The fraction of sp³-hybridized carbons (Fsp3) is 0.562. The van der Waals surface area contributed by atoms with Crippen molar-refractivity contribution in [2.45, 2.75) is 44.7 Å². The van der Waals surface area contributed by atoms with E-state index >= 15 is 0 Å². The zero-order valence-electron chi connectivity index (χ0n) is 12.2. The lowest BCUT2D eigenvalue weighted by molar-refractivity contribution is -0.143. The third kappa shape index (κ3) is 4.53. The summed E-state index contributed by atoms with van der Waals surface area (Å²) in [5.74, 6) is 0.655. The number of methoxy groups -OCH3 is 1. The molecule has 0 aliphatic heterocycles. The standard InChI is InChI=1S/C16H23NO3/c1-3-12-5-4-6-14(11-12)20-10-9-15(16(18)19-2)17-13-7-8-13/h4-6,11,13,15,17H,3,7-10H2,1-2H3. The van der Waals surface area contributed by atoms with E-state index in [1.807, 2.05) is 18.2 Å². The Morgan fingerprint density at radius 3 is 2.90 bits per heavy atom. The Bertz CT molecular complexity index is 443. The molecule has 2 rings (SSSR count). The van der Waals surface area contributed by atoms with E-state index in [1.165, 1.54) is 12.7 Å². The highest BCUT2D eigenvalue weighted by Crippen LogP contribution is 2.20. The number of aryl methyl sites for hydroxylation is 1. The molecule has 0 heterocycles. The zero-order chi connectivity index (χ0) is 14.4. The van der Waals surface area contributed by atoms with E-state index in [4.69, 9.17) is 9.47 Å². The molecule has 1 aromatic carbocycles. The van der Waals surface area contributed by atoms with E-state index in [0.29, 0.717) is 19.1 Å². The third-order valence-electron chi connectivity index (χ3n) is 3.48. The van der Waals surface area contributed by atoms with Crippen molar-refractivity contribution in [2.24, 2.45) is 0 Å². The summed E-state index contributed by atoms with van der Waals surface area (Å²) in [5, 5.41) is 3.30. The molecular formula is C16H23NO3. The monoisotopic (exact) mass is 277 g/mol. The van der Waals surface area contributed by atoms with Crippen LogP contribution in [-0.4, -0.2) is 31.8 Å². The lowest BCUT2D eigenvalue weighted by Crippen LogP contribution is -2.40. The minimum absolute atomic E-state index is 0.206. The number of nitrogens with one attached hydrogen (secondary N) is 1. The summed E-state index contributed by atoms with van der Waals surface area (Å²) >= 11 is 0. The average Bonchev–Trinajstić information content (AvgIpc) is 3.29. The summed E-state index contributed by atoms with van der Waals surface area (Å²) in [6.45, 7) is 2.62. The highest BCUT2D eigenvalue weighted by atomic mass is 16.5. The first kappa shape index (κ1) is 14.9. The highest BCUT2D eigenvalue weighted by molar-refractivity contribution is 5.75. The summed E-state index contributed by atoms with van der Waals surface area (Å²) in [6, 6.07) is 8.28. The van der Waals surface area contributed by atoms with Crippen molar-refractivity contribution in [2.75, 3.05) is 13.7 Å². The van der Waals surface area contributed by atoms with Gasteiger partial charge in [0.2, 0.25) is 0 Å². The smallest absolute Gasteiger partial charge is 0.322 e. The normalized spacial score (nSPS) is 15.7. The fourth-order valence-electron chi connectivity index (χ4n) is 2.10. The third-order valence-corrected chi connectivity index (χ3v) is 3.48. The van der Waals surface area contributed by atoms with Crippen LogP contribution in [0.25, 0.3) is 0 Å². The van der Waals surface area contributed by atoms with Gasteiger partial charge in [-0.25, -0.2) is 0 Å². The van der Waals surface area contributed by atoms with E-state index in [0.717, 1.165) is 25.0 Å². The first-order valence-electron chi connectivity index (χ1n) is 7.28. The summed E-state index contributed by atoms with van der Waals surface area (Å²) in [6.07, 6.45) is 3.91. The van der Waals surface area contributed by atoms with Gasteiger partial charge in [0.1, 0.15) is 11.8 Å². The van der Waals surface area contributed by atoms with E-state index in [-0.39, 0.29) is 12.0 Å². The average molecular weight is 277 g/mol. The molecule has 0 saturated heterocycles. The second-order valence-electron chi connectivity index (χ2n) is 5.15. The van der Waals surface area contributed by atoms with E-state index < -0.39 is 0 Å². The van der Waals surface area contributed by atoms with Gasteiger partial charge in [-0.15, -0.1) is 0 Å². The second-order valence-corrected chi connectivity index (χ2v) is 5.15. The molecule has 110 valence electrons. The van der Waals surface area contributed by atoms with Gasteiger partial charge in [-0.2, -0.15) is 0 Å². The van der Waals surface area contributed by atoms with Crippen LogP contribution in [0.15, 0.2) is 24.3 Å². The Morgan fingerprint density at radius 1 is 1.45 bits per heavy atom. The summed E-state index contributed by atoms with van der Waals surface area (Å²) < 4.78 is 10.6. The maximum Gasteiger partial charge on any atom is 0.322 e. The molecule has 20 heavy (non-hydrogen) atoms. The van der Waals surface area contributed by atoms with Gasteiger partial charge in [-0.05, 0) is 37.0 Å². The van der Waals surface area contributed by atoms with E-state index in [2.05, 4.69) is 18.3 Å². The molecule has 0 amide bonds. The molecule has 1 aliphatic carbocycles. The maximum atomic E-state index is 11.7. The van der Waals surface area contributed by atoms with Crippen molar-refractivity contribution in [3.63, 3.8) is 0 Å². The summed E-state index contributed by atoms with van der Waals surface area (Å²) in [5.41, 5.74) is 1.25. The van der Waals surface area contributed by atoms with Crippen LogP contribution in [0.4, 0.5) is 0 Å². The molecule has 0 bridgehead atoms. The van der Waals surface area contributed by atoms with Crippen molar-refractivity contribution in [1.82, 2.24) is 5.32 Å². The molecule has 0 aromatic heterocycles. The predicted octanol–water partition coefficient (Wildman–Crippen LogP) is 2.31. The van der Waals surface area contributed by atoms with Crippen LogP contribution in [0.3, 0.4) is 0 Å². The van der Waals surface area contributed by atoms with Crippen LogP contribution in [0.2, 0.25) is 0 Å². The van der Waals surface area contributed by atoms with Crippen LogP contribution in [-0.2, 0) is 16.0 Å². The van der Waals surface area contributed by atoms with Crippen molar-refractivity contribution in [1.29, 1.82) is 0 Å². The van der Waals surface area contributed by atoms with Crippen molar-refractivity contribution >= 4 is 5.97 Å². The Hall–Kier alpha value is -1.55. The minimum atomic E-state index is -0.262. The zero-order valence-corrected chi connectivity index (χ0v) is 12.2. The number of hydrogen-bond acceptors (Lipinski definition) is 4. The lowest BCUT2D eigenvalue weighted by Gasteiger charge is -2.16. The van der Waals surface area contributed by atoms with Crippen LogP contribution < -0.4 is 10.1 Å². The van der Waals surface area contributed by atoms with Crippen LogP contribution in [0.1, 0.15) is 31.7 Å². The Labute approximate surface area is 120 Å². The lowest BCUT2D eigenvalue weighted by atomic mass is 10.1. The van der Waals surface area contributed by atoms with Crippen LogP contribution >= 0.6 is 0 Å². The highest BCUT2D eigenvalue weighted by Gasteiger charge is 2.28. The van der Waals surface area contributed by atoms with Crippen LogP contribution in [0.5, 0.6) is 5.75 Å². The first-order chi connectivity index (χ1) is 9.72. The predicted molar refractivity (Wildman–Crippen MR) is 77.9 cm³/mol. The van der Waals surface area contributed by atoms with Gasteiger partial charge in [0.25, 0.3) is 0 Å². The van der Waals surface area contributed by atoms with Gasteiger partial charge < -0.3 is 14.8 Å². The van der Waals surface area contributed by atoms with Crippen LogP contribution in [0, 0.1) is 0 Å². The molecule has 0 radical (unpaired) electrons. The van der Waals surface area contributed by atoms with Crippen molar-refractivity contribution in [3.8, 4) is 5.75 Å². The van der Waals surface area contributed by atoms with Crippen molar-refractivity contribution < 1.29 is 14.3 Å². The van der Waals surface area contributed by atoms with Gasteiger partial charge in [-0.1, -0.05) is 19.1 Å². The topological polar surface area (TPSA) is 47.6 Å². The Kier molecular flexibility index (Phi) is 5.41. The molecule has 1 saturated carbocycles. The van der Waals surface area contributed by atoms with Gasteiger partial charge in [0, 0.05) is 12.5 Å². The molecular weight excluding hydrogens is 254 g/mol. The first-order valence-corrected chi connectivity index (χ1v) is 7.28. The molecule has 1 unspecified atom stereocenters. The van der Waals surface area contributed by atoms with Crippen molar-refractivity contribution in [3.05, 3.63) is 29.8 Å². The molecule has 1 aromatic rings. The number of carbonyl (C=O) groups excluding carboxylic acids is 1. The molecule has 0 spiro atoms. The van der Waals surface area contributed by atoms with Gasteiger partial charge in [0.05, 0.1) is 13.7 Å². The number of benzene rings is 1. The molecule has 4 nitrogen and oxygen atoms in total. The number of esters is 1. The molecule has 1 atom stereocenters. The summed E-state index contributed by atoms with van der Waals surface area (Å²) in [4.78, 5) is 11.7. The molecule has 1 fully saturated rings.